The van der Waals surface area contributed by atoms with Gasteiger partial charge in [-0.25, -0.2) is 13.2 Å². The van der Waals surface area contributed by atoms with E-state index in [1.54, 1.807) is 4.57 Å². The number of fused-ring (bicyclic) bond motifs is 1. The molecular formula is C21H21F6N3. The van der Waals surface area contributed by atoms with E-state index in [4.69, 9.17) is 5.73 Å². The lowest BCUT2D eigenvalue weighted by Gasteiger charge is -2.20. The van der Waals surface area contributed by atoms with Crippen LogP contribution in [-0.4, -0.2) is 16.0 Å². The Hall–Kier alpha value is -2.55. The van der Waals surface area contributed by atoms with Crippen molar-refractivity contribution < 1.29 is 26.3 Å². The molecule has 0 unspecified atom stereocenters. The number of rotatable bonds is 4. The van der Waals surface area contributed by atoms with E-state index in [9.17, 15) is 26.3 Å². The molecule has 0 aliphatic heterocycles. The Morgan fingerprint density at radius 3 is 2.37 bits per heavy atom. The standard InChI is InChI=1S/C21H21F6N3/c1-20(2,3)10-30-9-13(17(28)19(23)24)11-7-15(22)12(8-16(11)30)18-14(21(25,26)27)5-4-6-29-18/h4-9,17,19H,10,28H2,1-3H3/t17-/m0/s1. The molecule has 3 rings (SSSR count). The average Bonchev–Trinajstić information content (AvgIpc) is 2.95. The Labute approximate surface area is 169 Å². The highest BCUT2D eigenvalue weighted by atomic mass is 19.4. The van der Waals surface area contributed by atoms with E-state index in [0.29, 0.717) is 12.1 Å². The van der Waals surface area contributed by atoms with E-state index < -0.39 is 35.7 Å². The van der Waals surface area contributed by atoms with E-state index in [1.807, 2.05) is 20.8 Å². The molecular weight excluding hydrogens is 408 g/mol. The van der Waals surface area contributed by atoms with Crippen LogP contribution in [0.3, 0.4) is 0 Å². The van der Waals surface area contributed by atoms with Crippen molar-refractivity contribution in [2.24, 2.45) is 11.1 Å². The van der Waals surface area contributed by atoms with Gasteiger partial charge in [0, 0.05) is 41.0 Å². The van der Waals surface area contributed by atoms with E-state index in [-0.39, 0.29) is 21.9 Å². The van der Waals surface area contributed by atoms with Crippen LogP contribution in [0.1, 0.15) is 37.9 Å². The van der Waals surface area contributed by atoms with E-state index in [1.165, 1.54) is 12.3 Å². The van der Waals surface area contributed by atoms with Crippen LogP contribution in [0.2, 0.25) is 0 Å². The Bertz CT molecular complexity index is 1060. The maximum absolute atomic E-state index is 14.9. The summed E-state index contributed by atoms with van der Waals surface area (Å²) in [6.07, 6.45) is -5.06. The fourth-order valence-corrected chi connectivity index (χ4v) is 3.41. The van der Waals surface area contributed by atoms with E-state index >= 15 is 0 Å². The van der Waals surface area contributed by atoms with Gasteiger partial charge in [0.05, 0.1) is 17.3 Å². The number of benzene rings is 1. The van der Waals surface area contributed by atoms with Crippen LogP contribution >= 0.6 is 0 Å². The van der Waals surface area contributed by atoms with Gasteiger partial charge in [0.1, 0.15) is 5.82 Å². The van der Waals surface area contributed by atoms with E-state index in [0.717, 1.165) is 24.4 Å². The Morgan fingerprint density at radius 2 is 1.80 bits per heavy atom. The summed E-state index contributed by atoms with van der Waals surface area (Å²) < 4.78 is 83.3. The summed E-state index contributed by atoms with van der Waals surface area (Å²) >= 11 is 0. The van der Waals surface area contributed by atoms with Crippen LogP contribution < -0.4 is 5.73 Å². The van der Waals surface area contributed by atoms with Crippen LogP contribution in [-0.2, 0) is 12.7 Å². The summed E-state index contributed by atoms with van der Waals surface area (Å²) in [7, 11) is 0. The highest BCUT2D eigenvalue weighted by Gasteiger charge is 2.35. The summed E-state index contributed by atoms with van der Waals surface area (Å²) in [6.45, 7) is 6.10. The van der Waals surface area contributed by atoms with Gasteiger partial charge in [-0.3, -0.25) is 4.98 Å². The molecule has 3 aromatic rings. The molecule has 0 saturated carbocycles. The summed E-state index contributed by atoms with van der Waals surface area (Å²) in [5, 5.41) is 0.137. The Kier molecular flexibility index (Phi) is 5.62. The molecule has 0 saturated heterocycles. The monoisotopic (exact) mass is 429 g/mol. The van der Waals surface area contributed by atoms with Crippen molar-refractivity contribution in [2.75, 3.05) is 0 Å². The van der Waals surface area contributed by atoms with Crippen molar-refractivity contribution in [3.05, 3.63) is 53.6 Å². The molecule has 0 amide bonds. The van der Waals surface area contributed by atoms with Crippen molar-refractivity contribution in [3.63, 3.8) is 0 Å². The predicted octanol–water partition coefficient (Wildman–Crippen LogP) is 6.17. The summed E-state index contributed by atoms with van der Waals surface area (Å²) in [4.78, 5) is 3.74. The van der Waals surface area contributed by atoms with Gasteiger partial charge in [0.2, 0.25) is 0 Å². The molecule has 0 bridgehead atoms. The van der Waals surface area contributed by atoms with Crippen LogP contribution in [0, 0.1) is 11.2 Å². The van der Waals surface area contributed by atoms with Gasteiger partial charge in [0.15, 0.2) is 0 Å². The van der Waals surface area contributed by atoms with Gasteiger partial charge < -0.3 is 10.3 Å². The lowest BCUT2D eigenvalue weighted by Crippen LogP contribution is -2.19. The van der Waals surface area contributed by atoms with Crippen LogP contribution in [0.4, 0.5) is 26.3 Å². The molecule has 9 heteroatoms. The topological polar surface area (TPSA) is 43.8 Å². The van der Waals surface area contributed by atoms with Gasteiger partial charge in [-0.1, -0.05) is 20.8 Å². The Balaban J connectivity index is 2.31. The third kappa shape index (κ3) is 4.30. The number of aromatic nitrogens is 2. The summed E-state index contributed by atoms with van der Waals surface area (Å²) in [5.41, 5.74) is 3.67. The van der Waals surface area contributed by atoms with Gasteiger partial charge >= 0.3 is 6.18 Å². The fourth-order valence-electron chi connectivity index (χ4n) is 3.41. The lowest BCUT2D eigenvalue weighted by atomic mass is 9.96. The normalized spacial score (nSPS) is 14.0. The van der Waals surface area contributed by atoms with Gasteiger partial charge in [-0.05, 0) is 29.7 Å². The maximum Gasteiger partial charge on any atom is 0.418 e. The molecule has 0 fully saturated rings. The van der Waals surface area contributed by atoms with Gasteiger partial charge in [-0.2, -0.15) is 13.2 Å². The molecule has 0 spiro atoms. The minimum Gasteiger partial charge on any atom is -0.347 e. The molecule has 2 aromatic heterocycles. The second kappa shape index (κ2) is 7.61. The van der Waals surface area contributed by atoms with Gasteiger partial charge in [0.25, 0.3) is 6.43 Å². The molecule has 3 nitrogen and oxygen atoms in total. The number of pyridine rings is 1. The molecule has 0 aliphatic rings. The maximum atomic E-state index is 14.9. The average molecular weight is 429 g/mol. The number of nitrogens with two attached hydrogens (primary N) is 1. The first-order chi connectivity index (χ1) is 13.8. The Morgan fingerprint density at radius 1 is 1.13 bits per heavy atom. The first kappa shape index (κ1) is 22.1. The second-order valence-electron chi connectivity index (χ2n) is 8.38. The van der Waals surface area contributed by atoms with E-state index in [2.05, 4.69) is 4.98 Å². The van der Waals surface area contributed by atoms with Gasteiger partial charge in [-0.15, -0.1) is 0 Å². The smallest absolute Gasteiger partial charge is 0.347 e. The van der Waals surface area contributed by atoms with Crippen LogP contribution in [0.15, 0.2) is 36.7 Å². The molecule has 30 heavy (non-hydrogen) atoms. The zero-order chi connectivity index (χ0) is 22.4. The molecule has 1 atom stereocenters. The molecule has 1 aromatic carbocycles. The highest BCUT2D eigenvalue weighted by molar-refractivity contribution is 5.89. The minimum absolute atomic E-state index is 0.0340. The molecule has 2 heterocycles. The van der Waals surface area contributed by atoms with Crippen molar-refractivity contribution >= 4 is 10.9 Å². The molecule has 162 valence electrons. The van der Waals surface area contributed by atoms with Crippen LogP contribution in [0.25, 0.3) is 22.2 Å². The largest absolute Gasteiger partial charge is 0.418 e. The van der Waals surface area contributed by atoms with Crippen molar-refractivity contribution in [3.8, 4) is 11.3 Å². The highest BCUT2D eigenvalue weighted by Crippen LogP contribution is 2.39. The first-order valence-corrected chi connectivity index (χ1v) is 9.18. The molecule has 2 N–H and O–H groups in total. The summed E-state index contributed by atoms with van der Waals surface area (Å²) in [5.74, 6) is -0.997. The zero-order valence-electron chi connectivity index (χ0n) is 16.6. The predicted molar refractivity (Wildman–Crippen MR) is 103 cm³/mol. The number of alkyl halides is 5. The van der Waals surface area contributed by atoms with Crippen molar-refractivity contribution in [1.29, 1.82) is 0 Å². The lowest BCUT2D eigenvalue weighted by molar-refractivity contribution is -0.137. The fraction of sp³-hybridized carbons (Fsp3) is 0.381. The number of hydrogen-bond acceptors (Lipinski definition) is 2. The molecule has 0 aliphatic carbocycles. The third-order valence-electron chi connectivity index (χ3n) is 4.64. The van der Waals surface area contributed by atoms with Crippen molar-refractivity contribution in [1.82, 2.24) is 9.55 Å². The first-order valence-electron chi connectivity index (χ1n) is 9.18. The number of hydrogen-bond donors (Lipinski definition) is 1. The SMILES string of the molecule is CC(C)(C)Cn1cc([C@H](N)C(F)F)c2cc(F)c(-c3ncccc3C(F)(F)F)cc21. The third-order valence-corrected chi connectivity index (χ3v) is 4.64. The number of nitrogens with zero attached hydrogens (tertiary/aromatic N) is 2. The number of halogens is 6. The minimum atomic E-state index is -4.73. The van der Waals surface area contributed by atoms with Crippen molar-refractivity contribution in [2.45, 2.75) is 46.0 Å². The quantitative estimate of drug-likeness (QED) is 0.504. The summed E-state index contributed by atoms with van der Waals surface area (Å²) in [6, 6.07) is 2.45. The molecule has 0 radical (unpaired) electrons. The zero-order valence-corrected chi connectivity index (χ0v) is 16.6. The van der Waals surface area contributed by atoms with Crippen LogP contribution in [0.5, 0.6) is 0 Å². The second-order valence-corrected chi connectivity index (χ2v) is 8.38.